The first-order valence-electron chi connectivity index (χ1n) is 6.39. The molecule has 0 saturated heterocycles. The molecule has 1 aromatic carbocycles. The van der Waals surface area contributed by atoms with Gasteiger partial charge < -0.3 is 20.3 Å². The lowest BCUT2D eigenvalue weighted by Gasteiger charge is -2.22. The Kier molecular flexibility index (Phi) is 5.91. The zero-order valence-corrected chi connectivity index (χ0v) is 13.8. The van der Waals surface area contributed by atoms with Gasteiger partial charge in [0.1, 0.15) is 17.4 Å². The Hall–Kier alpha value is -1.66. The molecule has 3 N–H and O–H groups in total. The lowest BCUT2D eigenvalue weighted by Crippen LogP contribution is -2.44. The summed E-state index contributed by atoms with van der Waals surface area (Å²) < 4.78 is 5.02. The molecule has 6 nitrogen and oxygen atoms in total. The number of aliphatic carboxylic acids is 1. The number of nitrogens with one attached hydrogen (secondary N) is 1. The van der Waals surface area contributed by atoms with Crippen LogP contribution in [0, 0.1) is 0 Å². The van der Waals surface area contributed by atoms with E-state index in [2.05, 4.69) is 5.32 Å². The molecule has 0 saturated carbocycles. The molecule has 0 heterocycles. The standard InChI is InChI=1S/C14H17Cl2NO5/c1-14(2,3)22-13(21)17-11(12(19)20)6-8-9(15)4-7(18)5-10(8)16/h4-5,11,18H,6H2,1-3H3,(H,17,21)(H,19,20)/t11-/m0/s1. The minimum absolute atomic E-state index is 0.113. The minimum Gasteiger partial charge on any atom is -0.508 e. The highest BCUT2D eigenvalue weighted by molar-refractivity contribution is 6.36. The summed E-state index contributed by atoms with van der Waals surface area (Å²) in [7, 11) is 0. The van der Waals surface area contributed by atoms with Crippen LogP contribution in [0.5, 0.6) is 5.75 Å². The van der Waals surface area contributed by atoms with Crippen LogP contribution in [0.1, 0.15) is 26.3 Å². The van der Waals surface area contributed by atoms with E-state index < -0.39 is 23.7 Å². The van der Waals surface area contributed by atoms with Crippen molar-refractivity contribution < 1.29 is 24.5 Å². The zero-order valence-electron chi connectivity index (χ0n) is 12.3. The van der Waals surface area contributed by atoms with E-state index in [0.717, 1.165) is 0 Å². The average molecular weight is 350 g/mol. The molecule has 0 spiro atoms. The van der Waals surface area contributed by atoms with Gasteiger partial charge in [0.2, 0.25) is 0 Å². The number of carboxylic acids is 1. The van der Waals surface area contributed by atoms with Crippen LogP contribution < -0.4 is 5.32 Å². The first-order chi connectivity index (χ1) is 9.99. The fourth-order valence-corrected chi connectivity index (χ4v) is 2.27. The normalized spacial score (nSPS) is 12.6. The minimum atomic E-state index is -1.27. The van der Waals surface area contributed by atoms with E-state index in [1.807, 2.05) is 0 Å². The summed E-state index contributed by atoms with van der Waals surface area (Å²) in [6.07, 6.45) is -1.00. The number of ether oxygens (including phenoxy) is 1. The summed E-state index contributed by atoms with van der Waals surface area (Å²) in [5.74, 6) is -1.39. The maximum atomic E-state index is 11.7. The Labute approximate surface area is 138 Å². The van der Waals surface area contributed by atoms with Gasteiger partial charge >= 0.3 is 12.1 Å². The molecule has 0 unspecified atom stereocenters. The highest BCUT2D eigenvalue weighted by atomic mass is 35.5. The van der Waals surface area contributed by atoms with E-state index in [4.69, 9.17) is 27.9 Å². The van der Waals surface area contributed by atoms with Crippen LogP contribution in [0.15, 0.2) is 12.1 Å². The number of rotatable bonds is 4. The average Bonchev–Trinajstić information content (AvgIpc) is 2.29. The highest BCUT2D eigenvalue weighted by Crippen LogP contribution is 2.30. The zero-order chi connectivity index (χ0) is 17.1. The number of hydrogen-bond acceptors (Lipinski definition) is 4. The number of phenols is 1. The first-order valence-corrected chi connectivity index (χ1v) is 7.14. The third-order valence-corrected chi connectivity index (χ3v) is 3.20. The van der Waals surface area contributed by atoms with Crippen molar-refractivity contribution in [3.63, 3.8) is 0 Å². The Morgan fingerprint density at radius 3 is 2.18 bits per heavy atom. The summed E-state index contributed by atoms with van der Waals surface area (Å²) in [6.45, 7) is 4.99. The molecule has 0 radical (unpaired) electrons. The lowest BCUT2D eigenvalue weighted by molar-refractivity contribution is -0.139. The molecular weight excluding hydrogens is 333 g/mol. The summed E-state index contributed by atoms with van der Waals surface area (Å²) in [5, 5.41) is 21.0. The number of amides is 1. The van der Waals surface area contributed by atoms with Gasteiger partial charge in [0.15, 0.2) is 0 Å². The topological polar surface area (TPSA) is 95.9 Å². The lowest BCUT2D eigenvalue weighted by atomic mass is 10.1. The van der Waals surface area contributed by atoms with E-state index >= 15 is 0 Å². The number of phenolic OH excluding ortho intramolecular Hbond substituents is 1. The maximum Gasteiger partial charge on any atom is 0.408 e. The SMILES string of the molecule is CC(C)(C)OC(=O)N[C@@H](Cc1c(Cl)cc(O)cc1Cl)C(=O)O. The second kappa shape index (κ2) is 7.07. The number of hydrogen-bond donors (Lipinski definition) is 3. The number of carbonyl (C=O) groups is 2. The summed E-state index contributed by atoms with van der Waals surface area (Å²) >= 11 is 11.9. The molecule has 1 aromatic rings. The number of benzene rings is 1. The predicted molar refractivity (Wildman–Crippen MR) is 82.6 cm³/mol. The summed E-state index contributed by atoms with van der Waals surface area (Å²) in [6, 6.07) is 1.22. The summed E-state index contributed by atoms with van der Waals surface area (Å²) in [5.41, 5.74) is -0.439. The molecule has 1 amide bonds. The van der Waals surface area contributed by atoms with E-state index in [-0.39, 0.29) is 22.2 Å². The number of halogens is 2. The van der Waals surface area contributed by atoms with Crippen LogP contribution in [-0.2, 0) is 16.0 Å². The van der Waals surface area contributed by atoms with Crippen LogP contribution in [-0.4, -0.2) is 33.9 Å². The highest BCUT2D eigenvalue weighted by Gasteiger charge is 2.26. The molecule has 1 atom stereocenters. The fourth-order valence-electron chi connectivity index (χ4n) is 1.64. The molecular formula is C14H17Cl2NO5. The van der Waals surface area contributed by atoms with E-state index in [9.17, 15) is 19.8 Å². The third-order valence-electron chi connectivity index (χ3n) is 2.52. The molecule has 8 heteroatoms. The molecule has 22 heavy (non-hydrogen) atoms. The van der Waals surface area contributed by atoms with Crippen molar-refractivity contribution in [3.8, 4) is 5.75 Å². The third kappa shape index (κ3) is 5.61. The number of aromatic hydroxyl groups is 1. The van der Waals surface area contributed by atoms with Crippen LogP contribution in [0.3, 0.4) is 0 Å². The van der Waals surface area contributed by atoms with Gasteiger partial charge in [-0.3, -0.25) is 0 Å². The predicted octanol–water partition coefficient (Wildman–Crippen LogP) is 3.22. The molecule has 1 rings (SSSR count). The molecule has 0 aliphatic heterocycles. The molecule has 0 bridgehead atoms. The van der Waals surface area contributed by atoms with Crippen LogP contribution in [0.4, 0.5) is 4.79 Å². The maximum absolute atomic E-state index is 11.7. The van der Waals surface area contributed by atoms with Crippen LogP contribution >= 0.6 is 23.2 Å². The van der Waals surface area contributed by atoms with Gasteiger partial charge in [-0.1, -0.05) is 23.2 Å². The van der Waals surface area contributed by atoms with Gasteiger partial charge in [0.05, 0.1) is 0 Å². The Balaban J connectivity index is 2.90. The van der Waals surface area contributed by atoms with Crippen molar-refractivity contribution in [2.24, 2.45) is 0 Å². The van der Waals surface area contributed by atoms with Gasteiger partial charge in [-0.25, -0.2) is 9.59 Å². The van der Waals surface area contributed by atoms with Gasteiger partial charge in [0, 0.05) is 16.5 Å². The van der Waals surface area contributed by atoms with Crippen molar-refractivity contribution in [3.05, 3.63) is 27.7 Å². The fraction of sp³-hybridized carbons (Fsp3) is 0.429. The largest absolute Gasteiger partial charge is 0.508 e. The second-order valence-electron chi connectivity index (χ2n) is 5.63. The van der Waals surface area contributed by atoms with Gasteiger partial charge in [0.25, 0.3) is 0 Å². The molecule has 0 aliphatic carbocycles. The monoisotopic (exact) mass is 349 g/mol. The smallest absolute Gasteiger partial charge is 0.408 e. The van der Waals surface area contributed by atoms with Crippen LogP contribution in [0.25, 0.3) is 0 Å². The molecule has 122 valence electrons. The van der Waals surface area contributed by atoms with Crippen LogP contribution in [0.2, 0.25) is 10.0 Å². The number of carbonyl (C=O) groups excluding carboxylic acids is 1. The van der Waals surface area contributed by atoms with Gasteiger partial charge in [-0.05, 0) is 38.5 Å². The van der Waals surface area contributed by atoms with Crippen molar-refractivity contribution in [1.82, 2.24) is 5.32 Å². The Morgan fingerprint density at radius 1 is 1.27 bits per heavy atom. The van der Waals surface area contributed by atoms with E-state index in [1.54, 1.807) is 20.8 Å². The Bertz CT molecular complexity index is 560. The van der Waals surface area contributed by atoms with Gasteiger partial charge in [-0.2, -0.15) is 0 Å². The second-order valence-corrected chi connectivity index (χ2v) is 6.44. The molecule has 0 fully saturated rings. The van der Waals surface area contributed by atoms with Crippen molar-refractivity contribution in [2.75, 3.05) is 0 Å². The van der Waals surface area contributed by atoms with Crippen molar-refractivity contribution in [1.29, 1.82) is 0 Å². The number of carboxylic acid groups (broad SMARTS) is 1. The van der Waals surface area contributed by atoms with Crippen molar-refractivity contribution in [2.45, 2.75) is 38.8 Å². The van der Waals surface area contributed by atoms with Gasteiger partial charge in [-0.15, -0.1) is 0 Å². The van der Waals surface area contributed by atoms with E-state index in [1.165, 1.54) is 12.1 Å². The summed E-state index contributed by atoms with van der Waals surface area (Å²) in [4.78, 5) is 23.0. The molecule has 0 aromatic heterocycles. The van der Waals surface area contributed by atoms with Crippen molar-refractivity contribution >= 4 is 35.3 Å². The quantitative estimate of drug-likeness (QED) is 0.775. The Morgan fingerprint density at radius 2 is 1.77 bits per heavy atom. The van der Waals surface area contributed by atoms with E-state index in [0.29, 0.717) is 5.56 Å². The first kappa shape index (κ1) is 18.4. The molecule has 0 aliphatic rings. The number of alkyl carbamates (subject to hydrolysis) is 1.